The predicted octanol–water partition coefficient (Wildman–Crippen LogP) is 0.308. The number of hydrogen-bond acceptors (Lipinski definition) is 5. The SMILES string of the molecule is CC(C)(C)OC(=O)N[C@@H](CN1C=NCC1)C(=O)O. The van der Waals surface area contributed by atoms with E-state index in [4.69, 9.17) is 9.84 Å². The number of carboxylic acid groups (broad SMARTS) is 1. The van der Waals surface area contributed by atoms with Gasteiger partial charge in [-0.25, -0.2) is 9.59 Å². The molecular weight excluding hydrogens is 238 g/mol. The van der Waals surface area contributed by atoms with Crippen molar-refractivity contribution in [1.82, 2.24) is 10.2 Å². The maximum absolute atomic E-state index is 11.5. The Morgan fingerprint density at radius 1 is 1.56 bits per heavy atom. The lowest BCUT2D eigenvalue weighted by molar-refractivity contribution is -0.139. The van der Waals surface area contributed by atoms with E-state index in [0.717, 1.165) is 0 Å². The molecule has 0 bridgehead atoms. The maximum atomic E-state index is 11.5. The topological polar surface area (TPSA) is 91.2 Å². The van der Waals surface area contributed by atoms with E-state index >= 15 is 0 Å². The van der Waals surface area contributed by atoms with Crippen LogP contribution < -0.4 is 5.32 Å². The third-order valence-corrected chi connectivity index (χ3v) is 2.17. The Morgan fingerprint density at radius 3 is 2.67 bits per heavy atom. The van der Waals surface area contributed by atoms with Crippen LogP contribution in [0.25, 0.3) is 0 Å². The summed E-state index contributed by atoms with van der Waals surface area (Å²) < 4.78 is 5.02. The van der Waals surface area contributed by atoms with Gasteiger partial charge in [-0.2, -0.15) is 0 Å². The Morgan fingerprint density at radius 2 is 2.22 bits per heavy atom. The molecule has 1 aliphatic heterocycles. The predicted molar refractivity (Wildman–Crippen MR) is 65.7 cm³/mol. The van der Waals surface area contributed by atoms with Crippen LogP contribution >= 0.6 is 0 Å². The Labute approximate surface area is 106 Å². The number of carbonyl (C=O) groups is 2. The molecule has 1 rings (SSSR count). The molecule has 2 N–H and O–H groups in total. The molecule has 0 fully saturated rings. The molecule has 0 aliphatic carbocycles. The molecule has 102 valence electrons. The van der Waals surface area contributed by atoms with Crippen molar-refractivity contribution in [3.8, 4) is 0 Å². The number of amides is 1. The number of carboxylic acids is 1. The first-order valence-electron chi connectivity index (χ1n) is 5.74. The smallest absolute Gasteiger partial charge is 0.408 e. The van der Waals surface area contributed by atoms with Crippen LogP contribution in [0.2, 0.25) is 0 Å². The molecule has 0 aromatic carbocycles. The molecule has 1 atom stereocenters. The van der Waals surface area contributed by atoms with Gasteiger partial charge in [-0.3, -0.25) is 4.99 Å². The lowest BCUT2D eigenvalue weighted by Gasteiger charge is -2.24. The molecule has 7 heteroatoms. The van der Waals surface area contributed by atoms with Gasteiger partial charge in [0.1, 0.15) is 11.6 Å². The second-order valence-electron chi connectivity index (χ2n) is 5.05. The lowest BCUT2D eigenvalue weighted by Crippen LogP contribution is -2.49. The fraction of sp³-hybridized carbons (Fsp3) is 0.727. The van der Waals surface area contributed by atoms with Crippen molar-refractivity contribution in [2.75, 3.05) is 19.6 Å². The van der Waals surface area contributed by atoms with E-state index in [1.165, 1.54) is 0 Å². The normalized spacial score (nSPS) is 16.5. The summed E-state index contributed by atoms with van der Waals surface area (Å²) in [7, 11) is 0. The first kappa shape index (κ1) is 14.3. The molecule has 0 radical (unpaired) electrons. The third-order valence-electron chi connectivity index (χ3n) is 2.17. The van der Waals surface area contributed by atoms with Crippen molar-refractivity contribution in [3.05, 3.63) is 0 Å². The summed E-state index contributed by atoms with van der Waals surface area (Å²) in [6, 6.07) is -1.01. The Balaban J connectivity index is 2.49. The Bertz CT molecular complexity index is 349. The number of hydrogen-bond donors (Lipinski definition) is 2. The van der Waals surface area contributed by atoms with Gasteiger partial charge in [-0.15, -0.1) is 0 Å². The number of aliphatic imine (C=N–C) groups is 1. The second kappa shape index (κ2) is 5.70. The van der Waals surface area contributed by atoms with Gasteiger partial charge in [0, 0.05) is 6.54 Å². The number of rotatable bonds is 4. The quantitative estimate of drug-likeness (QED) is 0.756. The molecule has 1 aliphatic rings. The van der Waals surface area contributed by atoms with Crippen molar-refractivity contribution in [2.24, 2.45) is 4.99 Å². The summed E-state index contributed by atoms with van der Waals surface area (Å²) in [5.74, 6) is -1.10. The van der Waals surface area contributed by atoms with Crippen LogP contribution in [0.4, 0.5) is 4.79 Å². The largest absolute Gasteiger partial charge is 0.480 e. The third kappa shape index (κ3) is 5.03. The zero-order valence-corrected chi connectivity index (χ0v) is 10.8. The molecule has 18 heavy (non-hydrogen) atoms. The summed E-state index contributed by atoms with van der Waals surface area (Å²) in [4.78, 5) is 28.3. The summed E-state index contributed by atoms with van der Waals surface area (Å²) in [6.07, 6.45) is 0.859. The van der Waals surface area contributed by atoms with Gasteiger partial charge < -0.3 is 20.1 Å². The van der Waals surface area contributed by atoms with Gasteiger partial charge in [0.2, 0.25) is 0 Å². The molecule has 0 unspecified atom stereocenters. The number of carbonyl (C=O) groups excluding carboxylic acids is 1. The minimum Gasteiger partial charge on any atom is -0.480 e. The van der Waals surface area contributed by atoms with Gasteiger partial charge in [-0.1, -0.05) is 0 Å². The van der Waals surface area contributed by atoms with Crippen LogP contribution in [-0.4, -0.2) is 59.7 Å². The molecule has 0 saturated heterocycles. The average Bonchev–Trinajstić information content (AvgIpc) is 2.66. The van der Waals surface area contributed by atoms with E-state index in [1.54, 1.807) is 32.0 Å². The molecule has 0 aromatic heterocycles. The van der Waals surface area contributed by atoms with E-state index in [9.17, 15) is 9.59 Å². The highest BCUT2D eigenvalue weighted by Crippen LogP contribution is 2.07. The van der Waals surface area contributed by atoms with Gasteiger partial charge in [0.25, 0.3) is 0 Å². The van der Waals surface area contributed by atoms with Crippen molar-refractivity contribution < 1.29 is 19.4 Å². The highest BCUT2D eigenvalue weighted by atomic mass is 16.6. The fourth-order valence-corrected chi connectivity index (χ4v) is 1.43. The monoisotopic (exact) mass is 257 g/mol. The van der Waals surface area contributed by atoms with Crippen molar-refractivity contribution >= 4 is 18.4 Å². The number of alkyl carbamates (subject to hydrolysis) is 1. The van der Waals surface area contributed by atoms with E-state index in [-0.39, 0.29) is 6.54 Å². The van der Waals surface area contributed by atoms with E-state index in [0.29, 0.717) is 13.1 Å². The van der Waals surface area contributed by atoms with Crippen LogP contribution in [-0.2, 0) is 9.53 Å². The molecule has 0 spiro atoms. The molecule has 7 nitrogen and oxygen atoms in total. The van der Waals surface area contributed by atoms with Crippen LogP contribution in [0, 0.1) is 0 Å². The van der Waals surface area contributed by atoms with Crippen molar-refractivity contribution in [1.29, 1.82) is 0 Å². The first-order valence-corrected chi connectivity index (χ1v) is 5.74. The number of nitrogens with zero attached hydrogens (tertiary/aromatic N) is 2. The molecule has 0 saturated carbocycles. The van der Waals surface area contributed by atoms with Crippen molar-refractivity contribution in [3.63, 3.8) is 0 Å². The van der Waals surface area contributed by atoms with E-state index in [2.05, 4.69) is 10.3 Å². The molecular formula is C11H19N3O4. The molecule has 1 amide bonds. The standard InChI is InChI=1S/C11H19N3O4/c1-11(2,3)18-10(17)13-8(9(15)16)6-14-5-4-12-7-14/h7-8H,4-6H2,1-3H3,(H,13,17)(H,15,16)/t8-/m0/s1. The zero-order chi connectivity index (χ0) is 13.8. The lowest BCUT2D eigenvalue weighted by atomic mass is 10.2. The number of nitrogens with one attached hydrogen (secondary N) is 1. The van der Waals surface area contributed by atoms with Crippen LogP contribution in [0.1, 0.15) is 20.8 Å². The Hall–Kier alpha value is -1.79. The van der Waals surface area contributed by atoms with Crippen LogP contribution in [0.5, 0.6) is 0 Å². The first-order chi connectivity index (χ1) is 8.28. The molecule has 0 aromatic rings. The van der Waals surface area contributed by atoms with Gasteiger partial charge >= 0.3 is 12.1 Å². The summed E-state index contributed by atoms with van der Waals surface area (Å²) >= 11 is 0. The van der Waals surface area contributed by atoms with Gasteiger partial charge in [0.15, 0.2) is 0 Å². The van der Waals surface area contributed by atoms with Crippen LogP contribution in [0.3, 0.4) is 0 Å². The second-order valence-corrected chi connectivity index (χ2v) is 5.05. The highest BCUT2D eigenvalue weighted by molar-refractivity contribution is 5.80. The number of aliphatic carboxylic acids is 1. The Kier molecular flexibility index (Phi) is 4.52. The minimum atomic E-state index is -1.10. The van der Waals surface area contributed by atoms with E-state index < -0.39 is 23.7 Å². The fourth-order valence-electron chi connectivity index (χ4n) is 1.43. The summed E-state index contributed by atoms with van der Waals surface area (Å²) in [5, 5.41) is 11.4. The summed E-state index contributed by atoms with van der Waals surface area (Å²) in [6.45, 7) is 6.65. The highest BCUT2D eigenvalue weighted by Gasteiger charge is 2.25. The van der Waals surface area contributed by atoms with Gasteiger partial charge in [-0.05, 0) is 20.8 Å². The zero-order valence-electron chi connectivity index (χ0n) is 10.8. The maximum Gasteiger partial charge on any atom is 0.408 e. The summed E-state index contributed by atoms with van der Waals surface area (Å²) in [5.41, 5.74) is -0.651. The molecule has 1 heterocycles. The van der Waals surface area contributed by atoms with E-state index in [1.807, 2.05) is 0 Å². The minimum absolute atomic E-state index is 0.179. The van der Waals surface area contributed by atoms with Crippen molar-refractivity contribution in [2.45, 2.75) is 32.4 Å². The number of ether oxygens (including phenoxy) is 1. The van der Waals surface area contributed by atoms with Crippen LogP contribution in [0.15, 0.2) is 4.99 Å². The van der Waals surface area contributed by atoms with Gasteiger partial charge in [0.05, 0.1) is 19.4 Å². The average molecular weight is 257 g/mol.